The van der Waals surface area contributed by atoms with Crippen molar-refractivity contribution in [3.8, 4) is 5.75 Å². The molecule has 0 saturated heterocycles. The van der Waals surface area contributed by atoms with Crippen LogP contribution in [0, 0.1) is 0 Å². The first kappa shape index (κ1) is 15.6. The van der Waals surface area contributed by atoms with Gasteiger partial charge < -0.3 is 10.1 Å². The number of rotatable bonds is 8. The molecule has 19 heavy (non-hydrogen) atoms. The van der Waals surface area contributed by atoms with E-state index >= 15 is 0 Å². The molecule has 0 saturated carbocycles. The van der Waals surface area contributed by atoms with E-state index in [4.69, 9.17) is 4.74 Å². The summed E-state index contributed by atoms with van der Waals surface area (Å²) in [6.07, 6.45) is 4.70. The largest absolute Gasteiger partial charge is 0.489 e. The number of ether oxygens (including phenoxy) is 1. The molecule has 1 aromatic rings. The number of hydrogen-bond donors (Lipinski definition) is 1. The van der Waals surface area contributed by atoms with Gasteiger partial charge in [-0.25, -0.2) is 0 Å². The number of hydrogen-bond acceptors (Lipinski definition) is 4. The van der Waals surface area contributed by atoms with Crippen molar-refractivity contribution in [1.29, 1.82) is 0 Å². The molecule has 1 aromatic heterocycles. The summed E-state index contributed by atoms with van der Waals surface area (Å²) in [5, 5.41) is 3.30. The fourth-order valence-electron chi connectivity index (χ4n) is 1.69. The lowest BCUT2D eigenvalue weighted by Gasteiger charge is -2.10. The topological polar surface area (TPSA) is 51.2 Å². The molecule has 0 fully saturated rings. The molecule has 1 rings (SSSR count). The summed E-state index contributed by atoms with van der Waals surface area (Å²) in [5.74, 6) is 0.772. The average Bonchev–Trinajstić information content (AvgIpc) is 2.33. The minimum atomic E-state index is 0.0855. The third-order valence-electron chi connectivity index (χ3n) is 2.54. The molecule has 4 heteroatoms. The number of pyridine rings is 1. The second-order valence-electron chi connectivity index (χ2n) is 5.21. The van der Waals surface area contributed by atoms with Crippen molar-refractivity contribution < 1.29 is 9.53 Å². The van der Waals surface area contributed by atoms with Gasteiger partial charge in [0, 0.05) is 24.2 Å². The van der Waals surface area contributed by atoms with Crippen LogP contribution >= 0.6 is 0 Å². The molecule has 4 nitrogen and oxygen atoms in total. The molecule has 0 aliphatic heterocycles. The van der Waals surface area contributed by atoms with Crippen molar-refractivity contribution in [3.63, 3.8) is 0 Å². The first-order chi connectivity index (χ1) is 8.99. The van der Waals surface area contributed by atoms with Crippen molar-refractivity contribution >= 4 is 5.78 Å². The first-order valence-corrected chi connectivity index (χ1v) is 6.87. The maximum Gasteiger partial charge on any atom is 0.164 e. The van der Waals surface area contributed by atoms with Gasteiger partial charge in [-0.1, -0.05) is 13.8 Å². The highest BCUT2D eigenvalue weighted by Gasteiger charge is 2.08. The Balaban J connectivity index is 2.47. The van der Waals surface area contributed by atoms with E-state index in [1.165, 1.54) is 0 Å². The van der Waals surface area contributed by atoms with E-state index in [9.17, 15) is 4.79 Å². The maximum absolute atomic E-state index is 12.0. The van der Waals surface area contributed by atoms with Gasteiger partial charge in [0.05, 0.1) is 12.3 Å². The maximum atomic E-state index is 12.0. The molecule has 0 aromatic carbocycles. The van der Waals surface area contributed by atoms with Crippen LogP contribution in [0.15, 0.2) is 18.5 Å². The number of Topliss-reactive ketones (excluding diaryl/α,β-unsaturated/α-hetero) is 1. The summed E-state index contributed by atoms with van der Waals surface area (Å²) in [6, 6.07) is 2.23. The predicted octanol–water partition coefficient (Wildman–Crippen LogP) is 2.83. The quantitative estimate of drug-likeness (QED) is 0.579. The number of carbonyl (C=O) groups is 1. The molecule has 106 valence electrons. The van der Waals surface area contributed by atoms with E-state index in [2.05, 4.69) is 24.1 Å². The van der Waals surface area contributed by atoms with Crippen molar-refractivity contribution in [2.75, 3.05) is 6.54 Å². The molecule has 0 bridgehead atoms. The molecule has 0 aliphatic rings. The van der Waals surface area contributed by atoms with Crippen LogP contribution < -0.4 is 10.1 Å². The Morgan fingerprint density at radius 1 is 1.32 bits per heavy atom. The molecule has 0 radical (unpaired) electrons. The second kappa shape index (κ2) is 7.89. The van der Waals surface area contributed by atoms with Crippen LogP contribution in [-0.4, -0.2) is 29.5 Å². The van der Waals surface area contributed by atoms with Crippen LogP contribution in [0.3, 0.4) is 0 Å². The van der Waals surface area contributed by atoms with Crippen molar-refractivity contribution in [1.82, 2.24) is 10.3 Å². The van der Waals surface area contributed by atoms with Crippen molar-refractivity contribution in [2.45, 2.75) is 52.7 Å². The predicted molar refractivity (Wildman–Crippen MR) is 76.7 cm³/mol. The number of aromatic nitrogens is 1. The Morgan fingerprint density at radius 2 is 2.05 bits per heavy atom. The lowest BCUT2D eigenvalue weighted by Crippen LogP contribution is -2.24. The fourth-order valence-corrected chi connectivity index (χ4v) is 1.69. The van der Waals surface area contributed by atoms with E-state index in [-0.39, 0.29) is 11.9 Å². The van der Waals surface area contributed by atoms with Crippen molar-refractivity contribution in [3.05, 3.63) is 24.0 Å². The first-order valence-electron chi connectivity index (χ1n) is 6.87. The number of nitrogens with one attached hydrogen (secondary N) is 1. The van der Waals surface area contributed by atoms with Crippen LogP contribution in [0.5, 0.6) is 5.75 Å². The highest BCUT2D eigenvalue weighted by molar-refractivity contribution is 5.96. The monoisotopic (exact) mass is 264 g/mol. The lowest BCUT2D eigenvalue weighted by atomic mass is 10.1. The number of nitrogens with zero attached hydrogens (tertiary/aromatic N) is 1. The van der Waals surface area contributed by atoms with Crippen molar-refractivity contribution in [2.24, 2.45) is 0 Å². The van der Waals surface area contributed by atoms with Gasteiger partial charge in [0.1, 0.15) is 5.75 Å². The minimum Gasteiger partial charge on any atom is -0.489 e. The van der Waals surface area contributed by atoms with E-state index < -0.39 is 0 Å². The molecule has 0 spiro atoms. The highest BCUT2D eigenvalue weighted by Crippen LogP contribution is 2.14. The van der Waals surface area contributed by atoms with Gasteiger partial charge in [0.25, 0.3) is 0 Å². The van der Waals surface area contributed by atoms with Crippen LogP contribution in [0.1, 0.15) is 50.9 Å². The van der Waals surface area contributed by atoms with E-state index in [0.29, 0.717) is 23.8 Å². The summed E-state index contributed by atoms with van der Waals surface area (Å²) in [6.45, 7) is 8.95. The van der Waals surface area contributed by atoms with E-state index in [1.54, 1.807) is 18.5 Å². The zero-order valence-corrected chi connectivity index (χ0v) is 12.3. The standard InChI is InChI=1S/C15H24N2O2/c1-11(2)17-7-5-6-15(18)13-8-14(10-16-9-13)19-12(3)4/h8-12,17H,5-7H2,1-4H3. The molecule has 1 N–H and O–H groups in total. The molecule has 0 aliphatic carbocycles. The molecule has 0 amide bonds. The molecule has 0 atom stereocenters. The minimum absolute atomic E-state index is 0.0855. The molecule has 0 unspecified atom stereocenters. The second-order valence-corrected chi connectivity index (χ2v) is 5.21. The van der Waals surface area contributed by atoms with E-state index in [1.807, 2.05) is 13.8 Å². The Bertz CT molecular complexity index is 403. The summed E-state index contributed by atoms with van der Waals surface area (Å²) >= 11 is 0. The Morgan fingerprint density at radius 3 is 2.68 bits per heavy atom. The zero-order valence-electron chi connectivity index (χ0n) is 12.3. The normalized spacial score (nSPS) is 11.1. The van der Waals surface area contributed by atoms with Crippen LogP contribution in [0.25, 0.3) is 0 Å². The third kappa shape index (κ3) is 6.34. The van der Waals surface area contributed by atoms with Gasteiger partial charge in [0.2, 0.25) is 0 Å². The summed E-state index contributed by atoms with van der Waals surface area (Å²) in [5.41, 5.74) is 0.627. The van der Waals surface area contributed by atoms with Crippen LogP contribution in [-0.2, 0) is 0 Å². The van der Waals surface area contributed by atoms with Crippen LogP contribution in [0.2, 0.25) is 0 Å². The fraction of sp³-hybridized carbons (Fsp3) is 0.600. The third-order valence-corrected chi connectivity index (χ3v) is 2.54. The van der Waals surface area contributed by atoms with Gasteiger partial charge in [-0.3, -0.25) is 9.78 Å². The number of ketones is 1. The molecular formula is C15H24N2O2. The Hall–Kier alpha value is -1.42. The lowest BCUT2D eigenvalue weighted by molar-refractivity contribution is 0.0978. The Kier molecular flexibility index (Phi) is 6.50. The van der Waals surface area contributed by atoms with Gasteiger partial charge >= 0.3 is 0 Å². The van der Waals surface area contributed by atoms with E-state index in [0.717, 1.165) is 13.0 Å². The average molecular weight is 264 g/mol. The molecular weight excluding hydrogens is 240 g/mol. The van der Waals surface area contributed by atoms with Gasteiger partial charge in [-0.05, 0) is 32.9 Å². The van der Waals surface area contributed by atoms with Crippen LogP contribution in [0.4, 0.5) is 0 Å². The SMILES string of the molecule is CC(C)NCCCC(=O)c1cncc(OC(C)C)c1. The summed E-state index contributed by atoms with van der Waals surface area (Å²) < 4.78 is 5.54. The Labute approximate surface area is 115 Å². The molecule has 1 heterocycles. The number of carbonyl (C=O) groups excluding carboxylic acids is 1. The highest BCUT2D eigenvalue weighted by atomic mass is 16.5. The zero-order chi connectivity index (χ0) is 14.3. The van der Waals surface area contributed by atoms with Gasteiger partial charge in [-0.2, -0.15) is 0 Å². The smallest absolute Gasteiger partial charge is 0.164 e. The summed E-state index contributed by atoms with van der Waals surface area (Å²) in [4.78, 5) is 16.1. The van der Waals surface area contributed by atoms with Gasteiger partial charge in [-0.15, -0.1) is 0 Å². The van der Waals surface area contributed by atoms with Gasteiger partial charge in [0.15, 0.2) is 5.78 Å². The summed E-state index contributed by atoms with van der Waals surface area (Å²) in [7, 11) is 0.